The topological polar surface area (TPSA) is 74.8 Å². The predicted molar refractivity (Wildman–Crippen MR) is 103 cm³/mol. The summed E-state index contributed by atoms with van der Waals surface area (Å²) < 4.78 is 5.34. The molecule has 8 heteroatoms. The molecule has 7 nitrogen and oxygen atoms in total. The lowest BCUT2D eigenvalue weighted by molar-refractivity contribution is -0.121. The number of morpholine rings is 1. The van der Waals surface area contributed by atoms with E-state index in [4.69, 9.17) is 4.74 Å². The summed E-state index contributed by atoms with van der Waals surface area (Å²) in [6, 6.07) is -0.737. The summed E-state index contributed by atoms with van der Waals surface area (Å²) >= 11 is 1.61. The molecule has 1 aromatic rings. The number of rotatable bonds is 8. The molecule has 26 heavy (non-hydrogen) atoms. The zero-order valence-corrected chi connectivity index (χ0v) is 17.0. The van der Waals surface area contributed by atoms with Gasteiger partial charge in [0.25, 0.3) is 0 Å². The third-order valence-corrected chi connectivity index (χ3v) is 5.58. The highest BCUT2D eigenvalue weighted by molar-refractivity contribution is 7.09. The maximum Gasteiger partial charge on any atom is 0.318 e. The zero-order chi connectivity index (χ0) is 19.1. The van der Waals surface area contributed by atoms with Crippen LogP contribution in [0.4, 0.5) is 4.79 Å². The summed E-state index contributed by atoms with van der Waals surface area (Å²) in [7, 11) is 1.73. The summed E-state index contributed by atoms with van der Waals surface area (Å²) in [5.74, 6) is 0.432. The van der Waals surface area contributed by atoms with Gasteiger partial charge >= 0.3 is 6.03 Å². The second-order valence-electron chi connectivity index (χ2n) is 6.92. The number of aromatic nitrogens is 1. The minimum atomic E-state index is -0.491. The Hall–Kier alpha value is -1.51. The van der Waals surface area contributed by atoms with Crippen LogP contribution in [0.3, 0.4) is 0 Å². The van der Waals surface area contributed by atoms with Gasteiger partial charge in [-0.25, -0.2) is 9.78 Å². The van der Waals surface area contributed by atoms with E-state index in [-0.39, 0.29) is 11.8 Å². The van der Waals surface area contributed by atoms with Gasteiger partial charge < -0.3 is 15.0 Å². The van der Waals surface area contributed by atoms with E-state index in [9.17, 15) is 9.59 Å². The van der Waals surface area contributed by atoms with Gasteiger partial charge in [-0.2, -0.15) is 0 Å². The Morgan fingerprint density at radius 3 is 2.65 bits per heavy atom. The maximum atomic E-state index is 12.6. The van der Waals surface area contributed by atoms with Gasteiger partial charge in [-0.05, 0) is 0 Å². The van der Waals surface area contributed by atoms with E-state index in [0.717, 1.165) is 23.8 Å². The number of nitrogens with zero attached hydrogens (tertiary/aromatic N) is 3. The highest BCUT2D eigenvalue weighted by Gasteiger charge is 2.25. The van der Waals surface area contributed by atoms with Crippen molar-refractivity contribution in [2.24, 2.45) is 0 Å². The molecule has 2 heterocycles. The number of carbonyl (C=O) groups is 2. The van der Waals surface area contributed by atoms with Crippen LogP contribution in [0, 0.1) is 0 Å². The lowest BCUT2D eigenvalue weighted by atomic mass is 10.1. The van der Waals surface area contributed by atoms with Crippen molar-refractivity contribution in [1.29, 1.82) is 0 Å². The van der Waals surface area contributed by atoms with Crippen molar-refractivity contribution < 1.29 is 14.3 Å². The molecular weight excluding hydrogens is 352 g/mol. The number of hydrogen-bond acceptors (Lipinski definition) is 6. The fraction of sp³-hybridized carbons (Fsp3) is 0.722. The Morgan fingerprint density at radius 1 is 1.38 bits per heavy atom. The van der Waals surface area contributed by atoms with E-state index >= 15 is 0 Å². The second kappa shape index (κ2) is 9.99. The summed E-state index contributed by atoms with van der Waals surface area (Å²) in [5, 5.41) is 5.95. The molecule has 2 rings (SSSR count). The molecular formula is C18H30N4O3S. The van der Waals surface area contributed by atoms with Crippen LogP contribution < -0.4 is 5.32 Å². The number of ketones is 1. The van der Waals surface area contributed by atoms with Gasteiger partial charge in [0.15, 0.2) is 5.78 Å². The largest absolute Gasteiger partial charge is 0.379 e. The van der Waals surface area contributed by atoms with E-state index in [1.807, 2.05) is 12.3 Å². The number of urea groups is 1. The molecule has 1 aliphatic heterocycles. The number of thiazole rings is 1. The van der Waals surface area contributed by atoms with Gasteiger partial charge in [0.1, 0.15) is 6.04 Å². The number of hydrogen-bond donors (Lipinski definition) is 1. The smallest absolute Gasteiger partial charge is 0.318 e. The van der Waals surface area contributed by atoms with Crippen LogP contribution in [0.5, 0.6) is 0 Å². The van der Waals surface area contributed by atoms with Crippen molar-refractivity contribution in [3.63, 3.8) is 0 Å². The number of amides is 2. The van der Waals surface area contributed by atoms with Crippen LogP contribution in [0.2, 0.25) is 0 Å². The van der Waals surface area contributed by atoms with Crippen molar-refractivity contribution in [2.45, 2.75) is 45.7 Å². The van der Waals surface area contributed by atoms with Crippen LogP contribution >= 0.6 is 11.3 Å². The maximum absolute atomic E-state index is 12.6. The van der Waals surface area contributed by atoms with E-state index in [1.165, 1.54) is 0 Å². The fourth-order valence-corrected chi connectivity index (χ4v) is 3.58. The Morgan fingerprint density at radius 2 is 2.08 bits per heavy atom. The van der Waals surface area contributed by atoms with Crippen molar-refractivity contribution >= 4 is 23.2 Å². The normalized spacial score (nSPS) is 16.5. The molecule has 2 amide bonds. The minimum absolute atomic E-state index is 0.0500. The SMILES string of the molecule is CCC(=O)C(CN1CCOCC1)NC(=O)N(C)Cc1csc(C(C)C)n1. The van der Waals surface area contributed by atoms with Crippen molar-refractivity contribution in [2.75, 3.05) is 39.9 Å². The molecule has 0 aliphatic carbocycles. The minimum Gasteiger partial charge on any atom is -0.379 e. The second-order valence-corrected chi connectivity index (χ2v) is 7.81. The molecule has 0 aromatic carbocycles. The van der Waals surface area contributed by atoms with Gasteiger partial charge in [0.2, 0.25) is 0 Å². The molecule has 146 valence electrons. The van der Waals surface area contributed by atoms with Crippen LogP contribution in [-0.4, -0.2) is 72.5 Å². The first kappa shape index (κ1) is 20.8. The molecule has 1 aromatic heterocycles. The van der Waals surface area contributed by atoms with Crippen LogP contribution in [0.25, 0.3) is 0 Å². The monoisotopic (exact) mass is 382 g/mol. The van der Waals surface area contributed by atoms with Gasteiger partial charge in [-0.3, -0.25) is 9.69 Å². The zero-order valence-electron chi connectivity index (χ0n) is 16.2. The van der Waals surface area contributed by atoms with Gasteiger partial charge in [0, 0.05) is 44.4 Å². The lowest BCUT2D eigenvalue weighted by Crippen LogP contribution is -2.53. The third kappa shape index (κ3) is 6.03. The van der Waals surface area contributed by atoms with Crippen LogP contribution in [0.1, 0.15) is 43.8 Å². The highest BCUT2D eigenvalue weighted by Crippen LogP contribution is 2.19. The number of Topliss-reactive ketones (excluding diaryl/α,β-unsaturated/α-hetero) is 1. The van der Waals surface area contributed by atoms with Crippen molar-refractivity contribution in [3.05, 3.63) is 16.1 Å². The average molecular weight is 383 g/mol. The summed E-state index contributed by atoms with van der Waals surface area (Å²) in [5.41, 5.74) is 0.878. The standard InChI is InChI=1S/C18H30N4O3S/c1-5-16(23)15(11-22-6-8-25-9-7-22)20-18(24)21(4)10-14-12-26-17(19-14)13(2)3/h12-13,15H,5-11H2,1-4H3,(H,20,24). The molecule has 0 spiro atoms. The fourth-order valence-electron chi connectivity index (χ4n) is 2.75. The molecule has 1 unspecified atom stereocenters. The Labute approximate surface area is 159 Å². The van der Waals surface area contributed by atoms with Gasteiger partial charge in [-0.15, -0.1) is 11.3 Å². The molecule has 1 saturated heterocycles. The summed E-state index contributed by atoms with van der Waals surface area (Å²) in [6.07, 6.45) is 0.406. The first-order valence-corrected chi connectivity index (χ1v) is 10.1. The van der Waals surface area contributed by atoms with Crippen molar-refractivity contribution in [3.8, 4) is 0 Å². The summed E-state index contributed by atoms with van der Waals surface area (Å²) in [6.45, 7) is 9.91. The average Bonchev–Trinajstić information content (AvgIpc) is 3.10. The summed E-state index contributed by atoms with van der Waals surface area (Å²) in [4.78, 5) is 33.1. The van der Waals surface area contributed by atoms with Crippen LogP contribution in [-0.2, 0) is 16.1 Å². The number of ether oxygens (including phenoxy) is 1. The molecule has 1 aliphatic rings. The van der Waals surface area contributed by atoms with Gasteiger partial charge in [-0.1, -0.05) is 20.8 Å². The molecule has 1 N–H and O–H groups in total. The first-order valence-electron chi connectivity index (χ1n) is 9.19. The number of carbonyl (C=O) groups excluding carboxylic acids is 2. The van der Waals surface area contributed by atoms with E-state index in [0.29, 0.717) is 38.6 Å². The highest BCUT2D eigenvalue weighted by atomic mass is 32.1. The molecule has 0 radical (unpaired) electrons. The van der Waals surface area contributed by atoms with E-state index in [2.05, 4.69) is 29.0 Å². The number of nitrogens with one attached hydrogen (secondary N) is 1. The van der Waals surface area contributed by atoms with Crippen LogP contribution in [0.15, 0.2) is 5.38 Å². The van der Waals surface area contributed by atoms with Crippen molar-refractivity contribution in [1.82, 2.24) is 20.1 Å². The Kier molecular flexibility index (Phi) is 7.99. The molecule has 0 bridgehead atoms. The molecule has 0 saturated carbocycles. The van der Waals surface area contributed by atoms with Gasteiger partial charge in [0.05, 0.1) is 30.5 Å². The third-order valence-electron chi connectivity index (χ3n) is 4.39. The first-order chi connectivity index (χ1) is 12.4. The Balaban J connectivity index is 1.92. The molecule has 1 fully saturated rings. The molecule has 1 atom stereocenters. The van der Waals surface area contributed by atoms with E-state index in [1.54, 1.807) is 23.3 Å². The van der Waals surface area contributed by atoms with E-state index < -0.39 is 6.04 Å². The Bertz CT molecular complexity index is 599. The lowest BCUT2D eigenvalue weighted by Gasteiger charge is -2.31. The quantitative estimate of drug-likeness (QED) is 0.745. The predicted octanol–water partition coefficient (Wildman–Crippen LogP) is 2.09.